The molecule has 3 rings (SSSR count). The van der Waals surface area contributed by atoms with Gasteiger partial charge in [0.2, 0.25) is 5.56 Å². The Morgan fingerprint density at radius 1 is 1.38 bits per heavy atom. The van der Waals surface area contributed by atoms with E-state index in [1.54, 1.807) is 11.9 Å². The number of aromatic nitrogens is 1. The van der Waals surface area contributed by atoms with Crippen molar-refractivity contribution in [1.82, 2.24) is 15.2 Å². The lowest BCUT2D eigenvalue weighted by atomic mass is 10.1. The van der Waals surface area contributed by atoms with Crippen molar-refractivity contribution >= 4 is 16.8 Å². The van der Waals surface area contributed by atoms with Gasteiger partial charge < -0.3 is 15.2 Å². The molecule has 0 spiro atoms. The molecule has 5 nitrogen and oxygen atoms in total. The smallest absolute Gasteiger partial charge is 0.254 e. The number of amides is 1. The molecule has 1 aliphatic rings. The van der Waals surface area contributed by atoms with E-state index in [-0.39, 0.29) is 11.5 Å². The number of carbonyl (C=O) groups is 1. The zero-order valence-electron chi connectivity index (χ0n) is 12.1. The molecule has 0 radical (unpaired) electrons. The maximum atomic E-state index is 12.6. The quantitative estimate of drug-likeness (QED) is 0.894. The van der Waals surface area contributed by atoms with Crippen molar-refractivity contribution in [3.05, 3.63) is 46.2 Å². The second-order valence-corrected chi connectivity index (χ2v) is 5.57. The van der Waals surface area contributed by atoms with E-state index < -0.39 is 0 Å². The number of carbonyl (C=O) groups excluding carboxylic acids is 1. The first-order valence-electron chi connectivity index (χ1n) is 7.26. The number of aromatic amines is 1. The lowest BCUT2D eigenvalue weighted by Crippen LogP contribution is -2.39. The van der Waals surface area contributed by atoms with Gasteiger partial charge in [-0.25, -0.2) is 0 Å². The molecular formula is C16H19N3O2. The molecule has 110 valence electrons. The minimum Gasteiger partial charge on any atom is -0.340 e. The number of nitrogens with one attached hydrogen (secondary N) is 2. The van der Waals surface area contributed by atoms with Crippen molar-refractivity contribution in [2.45, 2.75) is 18.9 Å². The lowest BCUT2D eigenvalue weighted by molar-refractivity contribution is 0.0785. The molecule has 21 heavy (non-hydrogen) atoms. The van der Waals surface area contributed by atoms with Crippen LogP contribution < -0.4 is 10.9 Å². The summed E-state index contributed by atoms with van der Waals surface area (Å²) in [5.74, 6) is -0.106. The monoisotopic (exact) mass is 285 g/mol. The highest BCUT2D eigenvalue weighted by Gasteiger charge is 2.21. The molecule has 2 heterocycles. The standard InChI is InChI=1S/C16H19N3O2/c1-19(10-11-5-4-8-17-11)16(21)13-9-15(20)18-14-7-3-2-6-12(13)14/h2-3,6-7,9,11,17H,4-5,8,10H2,1H3,(H,18,20). The van der Waals surface area contributed by atoms with Gasteiger partial charge in [-0.2, -0.15) is 0 Å². The number of hydrogen-bond acceptors (Lipinski definition) is 3. The Kier molecular flexibility index (Phi) is 3.75. The van der Waals surface area contributed by atoms with E-state index in [0.29, 0.717) is 23.7 Å². The molecule has 2 aromatic rings. The molecule has 1 amide bonds. The van der Waals surface area contributed by atoms with Crippen LogP contribution in [0.15, 0.2) is 35.1 Å². The average molecular weight is 285 g/mol. The summed E-state index contributed by atoms with van der Waals surface area (Å²) < 4.78 is 0. The summed E-state index contributed by atoms with van der Waals surface area (Å²) in [7, 11) is 1.79. The number of benzene rings is 1. The van der Waals surface area contributed by atoms with E-state index in [4.69, 9.17) is 0 Å². The second-order valence-electron chi connectivity index (χ2n) is 5.57. The first-order chi connectivity index (χ1) is 10.1. The van der Waals surface area contributed by atoms with Crippen LogP contribution in [0.1, 0.15) is 23.2 Å². The summed E-state index contributed by atoms with van der Waals surface area (Å²) in [6, 6.07) is 9.14. The maximum Gasteiger partial charge on any atom is 0.254 e. The van der Waals surface area contributed by atoms with Gasteiger partial charge in [0.1, 0.15) is 0 Å². The zero-order chi connectivity index (χ0) is 14.8. The van der Waals surface area contributed by atoms with Gasteiger partial charge in [0, 0.05) is 36.6 Å². The van der Waals surface area contributed by atoms with Crippen molar-refractivity contribution in [2.75, 3.05) is 20.1 Å². The van der Waals surface area contributed by atoms with Crippen LogP contribution in [0.4, 0.5) is 0 Å². The van der Waals surface area contributed by atoms with Crippen molar-refractivity contribution in [1.29, 1.82) is 0 Å². The summed E-state index contributed by atoms with van der Waals surface area (Å²) in [5, 5.41) is 4.17. The highest BCUT2D eigenvalue weighted by molar-refractivity contribution is 6.05. The van der Waals surface area contributed by atoms with E-state index in [1.807, 2.05) is 24.3 Å². The Hall–Kier alpha value is -2.14. The predicted molar refractivity (Wildman–Crippen MR) is 82.6 cm³/mol. The van der Waals surface area contributed by atoms with Crippen LogP contribution in [-0.2, 0) is 0 Å². The van der Waals surface area contributed by atoms with Gasteiger partial charge in [-0.15, -0.1) is 0 Å². The normalized spacial score (nSPS) is 18.0. The predicted octanol–water partition coefficient (Wildman–Crippen LogP) is 1.35. The number of H-pyrrole nitrogens is 1. The third-order valence-electron chi connectivity index (χ3n) is 3.98. The van der Waals surface area contributed by atoms with Gasteiger partial charge in [0.05, 0.1) is 5.56 Å². The lowest BCUT2D eigenvalue weighted by Gasteiger charge is -2.22. The van der Waals surface area contributed by atoms with Gasteiger partial charge in [-0.05, 0) is 25.5 Å². The number of nitrogens with zero attached hydrogens (tertiary/aromatic N) is 1. The summed E-state index contributed by atoms with van der Waals surface area (Å²) >= 11 is 0. The van der Waals surface area contributed by atoms with E-state index in [2.05, 4.69) is 10.3 Å². The minimum atomic E-state index is -0.246. The van der Waals surface area contributed by atoms with Crippen molar-refractivity contribution in [3.63, 3.8) is 0 Å². The second kappa shape index (κ2) is 5.69. The Morgan fingerprint density at radius 2 is 2.19 bits per heavy atom. The molecule has 0 saturated carbocycles. The molecular weight excluding hydrogens is 266 g/mol. The third-order valence-corrected chi connectivity index (χ3v) is 3.98. The molecule has 1 unspecified atom stereocenters. The number of fused-ring (bicyclic) bond motifs is 1. The molecule has 1 atom stereocenters. The molecule has 1 fully saturated rings. The molecule has 2 N–H and O–H groups in total. The zero-order valence-corrected chi connectivity index (χ0v) is 12.1. The SMILES string of the molecule is CN(CC1CCCN1)C(=O)c1cc(=O)[nH]c2ccccc12. The Morgan fingerprint density at radius 3 is 2.95 bits per heavy atom. The van der Waals surface area contributed by atoms with Crippen LogP contribution >= 0.6 is 0 Å². The summed E-state index contributed by atoms with van der Waals surface area (Å²) in [6.45, 7) is 1.68. The molecule has 1 aromatic carbocycles. The van der Waals surface area contributed by atoms with Crippen molar-refractivity contribution < 1.29 is 4.79 Å². The van der Waals surface area contributed by atoms with Crippen LogP contribution in [-0.4, -0.2) is 42.0 Å². The highest BCUT2D eigenvalue weighted by Crippen LogP contribution is 2.17. The number of hydrogen-bond donors (Lipinski definition) is 2. The fourth-order valence-corrected chi connectivity index (χ4v) is 2.91. The van der Waals surface area contributed by atoms with Gasteiger partial charge >= 0.3 is 0 Å². The third kappa shape index (κ3) is 2.83. The number of likely N-dealkylation sites (N-methyl/N-ethyl adjacent to an activating group) is 1. The fourth-order valence-electron chi connectivity index (χ4n) is 2.91. The Bertz CT molecular complexity index is 717. The number of rotatable bonds is 3. The Labute approximate surface area is 123 Å². The molecule has 5 heteroatoms. The van der Waals surface area contributed by atoms with Crippen molar-refractivity contribution in [2.24, 2.45) is 0 Å². The minimum absolute atomic E-state index is 0.106. The summed E-state index contributed by atoms with van der Waals surface area (Å²) in [6.07, 6.45) is 2.24. The summed E-state index contributed by atoms with van der Waals surface area (Å²) in [5.41, 5.74) is 0.917. The first kappa shape index (κ1) is 13.8. The number of pyridine rings is 1. The van der Waals surface area contributed by atoms with Gasteiger partial charge in [0.25, 0.3) is 5.91 Å². The van der Waals surface area contributed by atoms with E-state index in [0.717, 1.165) is 24.8 Å². The molecule has 0 aliphatic carbocycles. The summed E-state index contributed by atoms with van der Waals surface area (Å²) in [4.78, 5) is 28.8. The van der Waals surface area contributed by atoms with E-state index in [9.17, 15) is 9.59 Å². The largest absolute Gasteiger partial charge is 0.340 e. The van der Waals surface area contributed by atoms with E-state index >= 15 is 0 Å². The van der Waals surface area contributed by atoms with Gasteiger partial charge in [-0.1, -0.05) is 18.2 Å². The van der Waals surface area contributed by atoms with Crippen LogP contribution in [0.5, 0.6) is 0 Å². The fraction of sp³-hybridized carbons (Fsp3) is 0.375. The number of para-hydroxylation sites is 1. The van der Waals surface area contributed by atoms with Crippen LogP contribution in [0, 0.1) is 0 Å². The average Bonchev–Trinajstić information content (AvgIpc) is 2.98. The van der Waals surface area contributed by atoms with Crippen LogP contribution in [0.3, 0.4) is 0 Å². The molecule has 1 aromatic heterocycles. The highest BCUT2D eigenvalue weighted by atomic mass is 16.2. The van der Waals surface area contributed by atoms with E-state index in [1.165, 1.54) is 6.07 Å². The van der Waals surface area contributed by atoms with Crippen LogP contribution in [0.25, 0.3) is 10.9 Å². The van der Waals surface area contributed by atoms with Gasteiger partial charge in [0.15, 0.2) is 0 Å². The maximum absolute atomic E-state index is 12.6. The topological polar surface area (TPSA) is 65.2 Å². The van der Waals surface area contributed by atoms with Gasteiger partial charge in [-0.3, -0.25) is 9.59 Å². The first-order valence-corrected chi connectivity index (χ1v) is 7.26. The van der Waals surface area contributed by atoms with Crippen molar-refractivity contribution in [3.8, 4) is 0 Å². The molecule has 1 saturated heterocycles. The van der Waals surface area contributed by atoms with Crippen LogP contribution in [0.2, 0.25) is 0 Å². The molecule has 1 aliphatic heterocycles. The molecule has 0 bridgehead atoms. The Balaban J connectivity index is 1.91.